The Morgan fingerprint density at radius 3 is 2.62 bits per heavy atom. The predicted octanol–water partition coefficient (Wildman–Crippen LogP) is 3.32. The molecule has 8 heteroatoms. The number of amides is 2. The second-order valence-corrected chi connectivity index (χ2v) is 8.22. The van der Waals surface area contributed by atoms with Gasteiger partial charge in [-0.15, -0.1) is 0 Å². The van der Waals surface area contributed by atoms with Crippen LogP contribution in [0.3, 0.4) is 0 Å². The fourth-order valence-electron chi connectivity index (χ4n) is 4.49. The van der Waals surface area contributed by atoms with Crippen molar-refractivity contribution in [1.29, 1.82) is 0 Å². The number of nitrogens with one attached hydrogen (secondary N) is 2. The van der Waals surface area contributed by atoms with Gasteiger partial charge in [0.05, 0.1) is 31.9 Å². The SMILES string of the molecule is CCOC(=O)C1=C(CN2CCc3ccccc3C2)NC(=O)N[C@H]1c1ccc(OCC)c(OC)c1. The lowest BCUT2D eigenvalue weighted by atomic mass is 9.94. The van der Waals surface area contributed by atoms with Gasteiger partial charge >= 0.3 is 12.0 Å². The molecule has 0 saturated heterocycles. The first-order valence-electron chi connectivity index (χ1n) is 11.6. The smallest absolute Gasteiger partial charge is 0.338 e. The van der Waals surface area contributed by atoms with E-state index < -0.39 is 12.0 Å². The zero-order valence-corrected chi connectivity index (χ0v) is 19.8. The van der Waals surface area contributed by atoms with E-state index in [1.165, 1.54) is 11.1 Å². The number of benzene rings is 2. The summed E-state index contributed by atoms with van der Waals surface area (Å²) < 4.78 is 16.5. The van der Waals surface area contributed by atoms with Crippen LogP contribution in [0.4, 0.5) is 4.79 Å². The molecule has 34 heavy (non-hydrogen) atoms. The number of nitrogens with zero attached hydrogens (tertiary/aromatic N) is 1. The van der Waals surface area contributed by atoms with Crippen LogP contribution in [0.5, 0.6) is 11.5 Å². The lowest BCUT2D eigenvalue weighted by Gasteiger charge is -2.34. The highest BCUT2D eigenvalue weighted by molar-refractivity contribution is 5.95. The van der Waals surface area contributed by atoms with Crippen LogP contribution in [0.2, 0.25) is 0 Å². The number of rotatable bonds is 8. The number of fused-ring (bicyclic) bond motifs is 1. The van der Waals surface area contributed by atoms with Gasteiger partial charge in [-0.05, 0) is 49.1 Å². The first-order valence-corrected chi connectivity index (χ1v) is 11.6. The molecule has 2 aliphatic rings. The van der Waals surface area contributed by atoms with Crippen LogP contribution < -0.4 is 20.1 Å². The van der Waals surface area contributed by atoms with E-state index >= 15 is 0 Å². The van der Waals surface area contributed by atoms with Gasteiger partial charge in [-0.25, -0.2) is 9.59 Å². The minimum atomic E-state index is -0.676. The number of ether oxygens (including phenoxy) is 3. The van der Waals surface area contributed by atoms with Crippen LogP contribution in [-0.2, 0) is 22.5 Å². The molecule has 2 heterocycles. The summed E-state index contributed by atoms with van der Waals surface area (Å²) in [5.74, 6) is 0.674. The third-order valence-electron chi connectivity index (χ3n) is 6.06. The Kier molecular flexibility index (Phi) is 7.37. The molecule has 0 fully saturated rings. The quantitative estimate of drug-likeness (QED) is 0.582. The van der Waals surface area contributed by atoms with Gasteiger partial charge in [0.15, 0.2) is 11.5 Å². The summed E-state index contributed by atoms with van der Waals surface area (Å²) in [7, 11) is 1.56. The molecule has 2 aliphatic heterocycles. The van der Waals surface area contributed by atoms with E-state index in [0.717, 1.165) is 19.5 Å². The van der Waals surface area contributed by atoms with Crippen molar-refractivity contribution in [1.82, 2.24) is 15.5 Å². The van der Waals surface area contributed by atoms with Gasteiger partial charge in [-0.1, -0.05) is 30.3 Å². The Hall–Kier alpha value is -3.52. The van der Waals surface area contributed by atoms with Crippen molar-refractivity contribution >= 4 is 12.0 Å². The number of carbonyl (C=O) groups is 2. The molecule has 0 radical (unpaired) electrons. The standard InChI is InChI=1S/C26H31N3O5/c1-4-33-21-11-10-18(14-22(21)32-3)24-23(25(30)34-5-2)20(27-26(31)28-24)16-29-13-12-17-8-6-7-9-19(17)15-29/h6-11,14,24H,4-5,12-13,15-16H2,1-3H3,(H2,27,28,31)/t24-/m0/s1. The third-order valence-corrected chi connectivity index (χ3v) is 6.06. The maximum atomic E-state index is 13.1. The van der Waals surface area contributed by atoms with E-state index in [2.05, 4.69) is 33.7 Å². The van der Waals surface area contributed by atoms with Gasteiger partial charge in [-0.3, -0.25) is 4.90 Å². The summed E-state index contributed by atoms with van der Waals surface area (Å²) in [5.41, 5.74) is 4.26. The van der Waals surface area contributed by atoms with Gasteiger partial charge in [0, 0.05) is 25.3 Å². The minimum absolute atomic E-state index is 0.236. The summed E-state index contributed by atoms with van der Waals surface area (Å²) in [6.07, 6.45) is 0.921. The second kappa shape index (κ2) is 10.6. The van der Waals surface area contributed by atoms with Crippen molar-refractivity contribution in [3.8, 4) is 11.5 Å². The number of carbonyl (C=O) groups excluding carboxylic acids is 2. The highest BCUT2D eigenvalue weighted by Gasteiger charge is 2.35. The molecule has 180 valence electrons. The summed E-state index contributed by atoms with van der Waals surface area (Å²) in [6, 6.07) is 12.7. The van der Waals surface area contributed by atoms with Crippen LogP contribution in [-0.4, -0.2) is 50.3 Å². The topological polar surface area (TPSA) is 89.1 Å². The molecular weight excluding hydrogens is 434 g/mol. The Balaban J connectivity index is 1.69. The molecule has 0 spiro atoms. The molecule has 8 nitrogen and oxygen atoms in total. The molecule has 0 unspecified atom stereocenters. The zero-order valence-electron chi connectivity index (χ0n) is 19.8. The van der Waals surface area contributed by atoms with Gasteiger partial charge in [0.25, 0.3) is 0 Å². The first-order chi connectivity index (χ1) is 16.5. The van der Waals surface area contributed by atoms with Crippen molar-refractivity contribution in [2.45, 2.75) is 32.9 Å². The molecule has 2 aromatic rings. The van der Waals surface area contributed by atoms with E-state index in [0.29, 0.717) is 41.5 Å². The van der Waals surface area contributed by atoms with E-state index in [4.69, 9.17) is 14.2 Å². The normalized spacial score (nSPS) is 18.0. The maximum Gasteiger partial charge on any atom is 0.338 e. The molecule has 0 aromatic heterocycles. The molecule has 2 amide bonds. The summed E-state index contributed by atoms with van der Waals surface area (Å²) in [5, 5.41) is 5.75. The van der Waals surface area contributed by atoms with Crippen molar-refractivity contribution in [2.75, 3.05) is 33.4 Å². The van der Waals surface area contributed by atoms with Crippen LogP contribution in [0, 0.1) is 0 Å². The van der Waals surface area contributed by atoms with E-state index in [1.54, 1.807) is 26.2 Å². The Labute approximate surface area is 199 Å². The van der Waals surface area contributed by atoms with Crippen LogP contribution >= 0.6 is 0 Å². The monoisotopic (exact) mass is 465 g/mol. The molecule has 4 rings (SSSR count). The lowest BCUT2D eigenvalue weighted by molar-refractivity contribution is -0.139. The Morgan fingerprint density at radius 2 is 1.88 bits per heavy atom. The van der Waals surface area contributed by atoms with Crippen molar-refractivity contribution in [3.63, 3.8) is 0 Å². The second-order valence-electron chi connectivity index (χ2n) is 8.22. The van der Waals surface area contributed by atoms with Gasteiger partial charge < -0.3 is 24.8 Å². The van der Waals surface area contributed by atoms with E-state index in [9.17, 15) is 9.59 Å². The maximum absolute atomic E-state index is 13.1. The predicted molar refractivity (Wildman–Crippen MR) is 128 cm³/mol. The van der Waals surface area contributed by atoms with Gasteiger partial charge in [-0.2, -0.15) is 0 Å². The van der Waals surface area contributed by atoms with Crippen LogP contribution in [0.1, 0.15) is 36.6 Å². The molecule has 0 saturated carbocycles. The average Bonchev–Trinajstić information content (AvgIpc) is 2.84. The Morgan fingerprint density at radius 1 is 1.09 bits per heavy atom. The minimum Gasteiger partial charge on any atom is -0.493 e. The highest BCUT2D eigenvalue weighted by Crippen LogP contribution is 2.35. The largest absolute Gasteiger partial charge is 0.493 e. The summed E-state index contributed by atoms with van der Waals surface area (Å²) in [6.45, 7) is 6.41. The first kappa shape index (κ1) is 23.6. The number of esters is 1. The average molecular weight is 466 g/mol. The Bertz CT molecular complexity index is 1100. The fraction of sp³-hybridized carbons (Fsp3) is 0.385. The molecule has 0 aliphatic carbocycles. The zero-order chi connectivity index (χ0) is 24.1. The molecule has 0 bridgehead atoms. The van der Waals surface area contributed by atoms with E-state index in [1.807, 2.05) is 19.1 Å². The molecule has 1 atom stereocenters. The van der Waals surface area contributed by atoms with Crippen molar-refractivity contribution < 1.29 is 23.8 Å². The van der Waals surface area contributed by atoms with Crippen molar-refractivity contribution in [2.24, 2.45) is 0 Å². The molecule has 2 aromatic carbocycles. The van der Waals surface area contributed by atoms with Gasteiger partial charge in [0.2, 0.25) is 0 Å². The summed E-state index contributed by atoms with van der Waals surface area (Å²) >= 11 is 0. The molecule has 2 N–H and O–H groups in total. The van der Waals surface area contributed by atoms with Crippen molar-refractivity contribution in [3.05, 3.63) is 70.4 Å². The number of hydrogen-bond acceptors (Lipinski definition) is 6. The highest BCUT2D eigenvalue weighted by atomic mass is 16.5. The number of hydrogen-bond donors (Lipinski definition) is 2. The van der Waals surface area contributed by atoms with Gasteiger partial charge in [0.1, 0.15) is 0 Å². The lowest BCUT2D eigenvalue weighted by Crippen LogP contribution is -2.49. The summed E-state index contributed by atoms with van der Waals surface area (Å²) in [4.78, 5) is 28.0. The fourth-order valence-corrected chi connectivity index (χ4v) is 4.49. The molecular formula is C26H31N3O5. The third kappa shape index (κ3) is 5.02. The van der Waals surface area contributed by atoms with E-state index in [-0.39, 0.29) is 12.6 Å². The van der Waals surface area contributed by atoms with Crippen LogP contribution in [0.25, 0.3) is 0 Å². The van der Waals surface area contributed by atoms with Crippen LogP contribution in [0.15, 0.2) is 53.7 Å². The number of methoxy groups -OCH3 is 1. The number of urea groups is 1.